The predicted octanol–water partition coefficient (Wildman–Crippen LogP) is 1.98. The number of aromatic nitrogens is 1. The normalized spacial score (nSPS) is 9.77. The van der Waals surface area contributed by atoms with Gasteiger partial charge in [0.05, 0.1) is 12.8 Å². The standard InChI is InChI=1S/C7H6Br2N2O2/c1-13-7(12)4-2-3(8)5(10)6(9)11-4/h2H,10H2,1H3. The van der Waals surface area contributed by atoms with Crippen molar-refractivity contribution < 1.29 is 9.53 Å². The lowest BCUT2D eigenvalue weighted by atomic mass is 10.3. The maximum Gasteiger partial charge on any atom is 0.356 e. The molecule has 2 N–H and O–H groups in total. The Kier molecular flexibility index (Phi) is 3.27. The van der Waals surface area contributed by atoms with E-state index in [1.54, 1.807) is 0 Å². The minimum atomic E-state index is -0.499. The van der Waals surface area contributed by atoms with Crippen molar-refractivity contribution in [1.29, 1.82) is 0 Å². The number of nitrogens with two attached hydrogens (primary N) is 1. The number of ether oxygens (including phenoxy) is 1. The third-order valence-corrected chi connectivity index (χ3v) is 2.62. The number of halogens is 2. The molecular formula is C7H6Br2N2O2. The fourth-order valence-electron chi connectivity index (χ4n) is 0.704. The van der Waals surface area contributed by atoms with E-state index in [2.05, 4.69) is 41.6 Å². The maximum absolute atomic E-state index is 11.1. The Morgan fingerprint density at radius 2 is 2.23 bits per heavy atom. The van der Waals surface area contributed by atoms with Crippen molar-refractivity contribution in [3.05, 3.63) is 20.8 Å². The number of pyridine rings is 1. The lowest BCUT2D eigenvalue weighted by molar-refractivity contribution is 0.0594. The van der Waals surface area contributed by atoms with Crippen LogP contribution in [0, 0.1) is 0 Å². The van der Waals surface area contributed by atoms with Crippen LogP contribution in [0.1, 0.15) is 10.5 Å². The molecule has 4 nitrogen and oxygen atoms in total. The predicted molar refractivity (Wildman–Crippen MR) is 55.4 cm³/mol. The summed E-state index contributed by atoms with van der Waals surface area (Å²) in [5, 5.41) is 0. The van der Waals surface area contributed by atoms with Crippen LogP contribution in [0.2, 0.25) is 0 Å². The van der Waals surface area contributed by atoms with Gasteiger partial charge in [-0.3, -0.25) is 0 Å². The average Bonchev–Trinajstić information content (AvgIpc) is 2.12. The Morgan fingerprint density at radius 1 is 1.62 bits per heavy atom. The smallest absolute Gasteiger partial charge is 0.356 e. The first-order valence-corrected chi connectivity index (χ1v) is 4.84. The molecule has 0 bridgehead atoms. The van der Waals surface area contributed by atoms with Gasteiger partial charge in [0.25, 0.3) is 0 Å². The molecule has 1 heterocycles. The zero-order chi connectivity index (χ0) is 10.0. The first kappa shape index (κ1) is 10.5. The van der Waals surface area contributed by atoms with Crippen LogP contribution in [-0.2, 0) is 4.74 Å². The molecule has 0 aliphatic rings. The Balaban J connectivity index is 3.20. The van der Waals surface area contributed by atoms with Crippen LogP contribution in [0.25, 0.3) is 0 Å². The van der Waals surface area contributed by atoms with Gasteiger partial charge in [-0.25, -0.2) is 9.78 Å². The second kappa shape index (κ2) is 4.06. The summed E-state index contributed by atoms with van der Waals surface area (Å²) in [6, 6.07) is 1.51. The molecular weight excluding hydrogens is 304 g/mol. The van der Waals surface area contributed by atoms with Crippen molar-refractivity contribution in [2.45, 2.75) is 0 Å². The molecule has 1 aromatic rings. The lowest BCUT2D eigenvalue weighted by Crippen LogP contribution is -2.05. The summed E-state index contributed by atoms with van der Waals surface area (Å²) in [5.74, 6) is -0.499. The zero-order valence-corrected chi connectivity index (χ0v) is 9.85. The molecule has 1 aromatic heterocycles. The molecule has 70 valence electrons. The number of nitrogens with zero attached hydrogens (tertiary/aromatic N) is 1. The van der Waals surface area contributed by atoms with Gasteiger partial charge in [-0.05, 0) is 37.9 Å². The van der Waals surface area contributed by atoms with Crippen molar-refractivity contribution in [3.8, 4) is 0 Å². The molecule has 0 radical (unpaired) electrons. The molecule has 0 aliphatic carbocycles. The highest BCUT2D eigenvalue weighted by Crippen LogP contribution is 2.26. The van der Waals surface area contributed by atoms with Crippen molar-refractivity contribution in [1.82, 2.24) is 4.98 Å². The molecule has 0 saturated heterocycles. The van der Waals surface area contributed by atoms with E-state index in [-0.39, 0.29) is 5.69 Å². The summed E-state index contributed by atoms with van der Waals surface area (Å²) >= 11 is 6.31. The van der Waals surface area contributed by atoms with Crippen molar-refractivity contribution in [2.24, 2.45) is 0 Å². The number of nitrogen functional groups attached to an aromatic ring is 1. The number of carbonyl (C=O) groups is 1. The van der Waals surface area contributed by atoms with Crippen molar-refractivity contribution in [3.63, 3.8) is 0 Å². The van der Waals surface area contributed by atoms with Crippen LogP contribution >= 0.6 is 31.9 Å². The second-order valence-corrected chi connectivity index (χ2v) is 3.79. The SMILES string of the molecule is COC(=O)c1cc(Br)c(N)c(Br)n1. The van der Waals surface area contributed by atoms with Gasteiger partial charge in [0.1, 0.15) is 4.60 Å². The monoisotopic (exact) mass is 308 g/mol. The summed E-state index contributed by atoms with van der Waals surface area (Å²) < 4.78 is 5.53. The number of hydrogen-bond donors (Lipinski definition) is 1. The van der Waals surface area contributed by atoms with Crippen LogP contribution < -0.4 is 5.73 Å². The number of methoxy groups -OCH3 is 1. The molecule has 0 spiro atoms. The molecule has 0 aliphatic heterocycles. The third-order valence-electron chi connectivity index (χ3n) is 1.36. The minimum Gasteiger partial charge on any atom is -0.464 e. The highest BCUT2D eigenvalue weighted by Gasteiger charge is 2.12. The molecule has 0 saturated carbocycles. The van der Waals surface area contributed by atoms with Crippen molar-refractivity contribution >= 4 is 43.5 Å². The number of carbonyl (C=O) groups excluding carboxylic acids is 1. The molecule has 0 fully saturated rings. The molecule has 0 atom stereocenters. The summed E-state index contributed by atoms with van der Waals surface area (Å²) in [7, 11) is 1.29. The average molecular weight is 310 g/mol. The molecule has 1 rings (SSSR count). The van der Waals surface area contributed by atoms with Gasteiger partial charge in [0.15, 0.2) is 5.69 Å². The van der Waals surface area contributed by atoms with Gasteiger partial charge in [-0.15, -0.1) is 0 Å². The van der Waals surface area contributed by atoms with E-state index >= 15 is 0 Å². The molecule has 0 amide bonds. The Labute approximate surface area is 91.7 Å². The van der Waals surface area contributed by atoms with Crippen LogP contribution in [0.15, 0.2) is 15.1 Å². The van der Waals surface area contributed by atoms with Gasteiger partial charge in [-0.1, -0.05) is 0 Å². The van der Waals surface area contributed by atoms with E-state index in [0.29, 0.717) is 14.8 Å². The third kappa shape index (κ3) is 2.19. The van der Waals surface area contributed by atoms with Crippen molar-refractivity contribution in [2.75, 3.05) is 12.8 Å². The summed E-state index contributed by atoms with van der Waals surface area (Å²) in [6.45, 7) is 0. The second-order valence-electron chi connectivity index (χ2n) is 2.19. The number of hydrogen-bond acceptors (Lipinski definition) is 4. The van der Waals surface area contributed by atoms with Gasteiger partial charge in [0.2, 0.25) is 0 Å². The topological polar surface area (TPSA) is 65.2 Å². The van der Waals surface area contributed by atoms with Gasteiger partial charge >= 0.3 is 5.97 Å². The maximum atomic E-state index is 11.1. The Morgan fingerprint density at radius 3 is 2.69 bits per heavy atom. The Bertz CT molecular complexity index is 331. The number of esters is 1. The first-order chi connectivity index (χ1) is 6.06. The fourth-order valence-corrected chi connectivity index (χ4v) is 1.78. The van der Waals surface area contributed by atoms with E-state index in [9.17, 15) is 4.79 Å². The van der Waals surface area contributed by atoms with Crippen LogP contribution in [0.4, 0.5) is 5.69 Å². The lowest BCUT2D eigenvalue weighted by Gasteiger charge is -2.03. The van der Waals surface area contributed by atoms with E-state index in [1.165, 1.54) is 13.2 Å². The van der Waals surface area contributed by atoms with Crippen LogP contribution in [0.5, 0.6) is 0 Å². The van der Waals surface area contributed by atoms with Gasteiger partial charge in [0, 0.05) is 4.47 Å². The highest BCUT2D eigenvalue weighted by atomic mass is 79.9. The van der Waals surface area contributed by atoms with Gasteiger partial charge < -0.3 is 10.5 Å². The molecule has 13 heavy (non-hydrogen) atoms. The number of rotatable bonds is 1. The van der Waals surface area contributed by atoms with E-state index in [4.69, 9.17) is 5.73 Å². The van der Waals surface area contributed by atoms with Crippen LogP contribution in [0.3, 0.4) is 0 Å². The van der Waals surface area contributed by atoms with E-state index in [1.807, 2.05) is 0 Å². The molecule has 0 unspecified atom stereocenters. The Hall–Kier alpha value is -0.620. The largest absolute Gasteiger partial charge is 0.464 e. The summed E-state index contributed by atoms with van der Waals surface area (Å²) in [6.07, 6.45) is 0. The molecule has 0 aromatic carbocycles. The van der Waals surface area contributed by atoms with Gasteiger partial charge in [-0.2, -0.15) is 0 Å². The highest BCUT2D eigenvalue weighted by molar-refractivity contribution is 9.11. The zero-order valence-electron chi connectivity index (χ0n) is 6.67. The fraction of sp³-hybridized carbons (Fsp3) is 0.143. The van der Waals surface area contributed by atoms with E-state index in [0.717, 1.165) is 0 Å². The van der Waals surface area contributed by atoms with Crippen LogP contribution in [-0.4, -0.2) is 18.1 Å². The minimum absolute atomic E-state index is 0.204. The van der Waals surface area contributed by atoms with E-state index < -0.39 is 5.97 Å². The summed E-state index contributed by atoms with van der Waals surface area (Å²) in [4.78, 5) is 15.0. The molecule has 6 heteroatoms. The summed E-state index contributed by atoms with van der Waals surface area (Å²) in [5.41, 5.74) is 6.24. The quantitative estimate of drug-likeness (QED) is 0.636. The number of anilines is 1. The first-order valence-electron chi connectivity index (χ1n) is 3.26.